The summed E-state index contributed by atoms with van der Waals surface area (Å²) in [5, 5.41) is 0. The summed E-state index contributed by atoms with van der Waals surface area (Å²) in [5.74, 6) is -1.97. The van der Waals surface area contributed by atoms with E-state index in [-0.39, 0.29) is 22.5 Å². The third-order valence-electron chi connectivity index (χ3n) is 5.39. The SMILES string of the molecule is CC[C@@H](OC(=O)c1ccc2c(c1)C(=O)N(c1ccc(C)cc1)C2=O)C(=O)c1ccccc1. The first-order chi connectivity index (χ1) is 15.4. The molecule has 0 saturated carbocycles. The Labute approximate surface area is 185 Å². The topological polar surface area (TPSA) is 80.8 Å². The molecule has 32 heavy (non-hydrogen) atoms. The van der Waals surface area contributed by atoms with E-state index in [2.05, 4.69) is 0 Å². The van der Waals surface area contributed by atoms with Gasteiger partial charge in [-0.2, -0.15) is 0 Å². The molecule has 1 atom stereocenters. The summed E-state index contributed by atoms with van der Waals surface area (Å²) in [4.78, 5) is 52.2. The molecule has 1 aliphatic rings. The lowest BCUT2D eigenvalue weighted by Gasteiger charge is -2.15. The first kappa shape index (κ1) is 21.2. The Morgan fingerprint density at radius 1 is 0.844 bits per heavy atom. The number of rotatable bonds is 6. The second kappa shape index (κ2) is 8.59. The largest absolute Gasteiger partial charge is 0.450 e. The quantitative estimate of drug-likeness (QED) is 0.326. The fourth-order valence-electron chi connectivity index (χ4n) is 3.60. The number of carbonyl (C=O) groups excluding carboxylic acids is 4. The molecule has 0 aliphatic carbocycles. The lowest BCUT2D eigenvalue weighted by Crippen LogP contribution is -2.29. The number of esters is 1. The Morgan fingerprint density at radius 2 is 1.50 bits per heavy atom. The van der Waals surface area contributed by atoms with Crippen LogP contribution in [0.15, 0.2) is 72.8 Å². The van der Waals surface area contributed by atoms with Crippen LogP contribution in [-0.4, -0.2) is 29.7 Å². The number of imide groups is 1. The van der Waals surface area contributed by atoms with Crippen LogP contribution in [0.5, 0.6) is 0 Å². The Morgan fingerprint density at radius 3 is 2.16 bits per heavy atom. The predicted molar refractivity (Wildman–Crippen MR) is 119 cm³/mol. The van der Waals surface area contributed by atoms with E-state index in [1.807, 2.05) is 19.1 Å². The minimum atomic E-state index is -0.945. The lowest BCUT2D eigenvalue weighted by molar-refractivity contribution is 0.0277. The molecule has 0 N–H and O–H groups in total. The molecule has 0 saturated heterocycles. The summed E-state index contributed by atoms with van der Waals surface area (Å²) in [6.07, 6.45) is -0.636. The summed E-state index contributed by atoms with van der Waals surface area (Å²) in [6, 6.07) is 19.9. The minimum absolute atomic E-state index is 0.106. The van der Waals surface area contributed by atoms with Crippen LogP contribution in [0, 0.1) is 6.92 Å². The van der Waals surface area contributed by atoms with Crippen molar-refractivity contribution in [3.63, 3.8) is 0 Å². The van der Waals surface area contributed by atoms with Gasteiger partial charge in [0.1, 0.15) is 0 Å². The van der Waals surface area contributed by atoms with Gasteiger partial charge >= 0.3 is 5.97 Å². The number of nitrogens with zero attached hydrogens (tertiary/aromatic N) is 1. The third-order valence-corrected chi connectivity index (χ3v) is 5.39. The highest BCUT2D eigenvalue weighted by molar-refractivity contribution is 6.34. The molecule has 3 aromatic carbocycles. The van der Waals surface area contributed by atoms with Gasteiger partial charge in [-0.05, 0) is 43.7 Å². The third kappa shape index (κ3) is 3.83. The van der Waals surface area contributed by atoms with Crippen LogP contribution in [0.2, 0.25) is 0 Å². The van der Waals surface area contributed by atoms with Gasteiger partial charge in [0.05, 0.1) is 22.4 Å². The Kier molecular flexibility index (Phi) is 5.69. The number of amides is 2. The van der Waals surface area contributed by atoms with E-state index in [1.54, 1.807) is 49.4 Å². The van der Waals surface area contributed by atoms with E-state index in [1.165, 1.54) is 18.2 Å². The standard InChI is InChI=1S/C26H21NO5/c1-3-22(23(28)17-7-5-4-6-8-17)32-26(31)18-11-14-20-21(15-18)25(30)27(24(20)29)19-12-9-16(2)10-13-19/h4-15,22H,3H2,1-2H3/t22-/m1/s1. The summed E-state index contributed by atoms with van der Waals surface area (Å²) >= 11 is 0. The van der Waals surface area contributed by atoms with Crippen LogP contribution in [-0.2, 0) is 4.74 Å². The van der Waals surface area contributed by atoms with Crippen LogP contribution in [0.1, 0.15) is 60.3 Å². The zero-order valence-electron chi connectivity index (χ0n) is 17.7. The predicted octanol–water partition coefficient (Wildman–Crippen LogP) is 4.61. The fourth-order valence-corrected chi connectivity index (χ4v) is 3.60. The molecular formula is C26H21NO5. The lowest BCUT2D eigenvalue weighted by atomic mass is 10.0. The van der Waals surface area contributed by atoms with E-state index < -0.39 is 23.9 Å². The van der Waals surface area contributed by atoms with Crippen molar-refractivity contribution in [1.82, 2.24) is 0 Å². The monoisotopic (exact) mass is 427 g/mol. The van der Waals surface area contributed by atoms with Gasteiger partial charge in [-0.3, -0.25) is 14.4 Å². The molecular weight excluding hydrogens is 406 g/mol. The van der Waals surface area contributed by atoms with Crippen LogP contribution in [0.25, 0.3) is 0 Å². The van der Waals surface area contributed by atoms with Crippen LogP contribution in [0.4, 0.5) is 5.69 Å². The maximum Gasteiger partial charge on any atom is 0.338 e. The van der Waals surface area contributed by atoms with Crippen LogP contribution in [0.3, 0.4) is 0 Å². The van der Waals surface area contributed by atoms with Crippen molar-refractivity contribution in [2.75, 3.05) is 4.90 Å². The van der Waals surface area contributed by atoms with Gasteiger partial charge in [0.25, 0.3) is 11.8 Å². The maximum atomic E-state index is 12.9. The number of fused-ring (bicyclic) bond motifs is 1. The van der Waals surface area contributed by atoms with Gasteiger partial charge in [0.15, 0.2) is 6.10 Å². The molecule has 6 heteroatoms. The highest BCUT2D eigenvalue weighted by Crippen LogP contribution is 2.29. The molecule has 2 amide bonds. The van der Waals surface area contributed by atoms with Crippen molar-refractivity contribution in [3.05, 3.63) is 101 Å². The fraction of sp³-hybridized carbons (Fsp3) is 0.154. The van der Waals surface area contributed by atoms with Gasteiger partial charge in [0.2, 0.25) is 5.78 Å². The molecule has 0 spiro atoms. The number of aryl methyl sites for hydroxylation is 1. The summed E-state index contributed by atoms with van der Waals surface area (Å²) in [5.41, 5.74) is 2.38. The normalized spacial score (nSPS) is 13.6. The highest BCUT2D eigenvalue weighted by Gasteiger charge is 2.37. The summed E-state index contributed by atoms with van der Waals surface area (Å²) in [7, 11) is 0. The molecule has 6 nitrogen and oxygen atoms in total. The van der Waals surface area contributed by atoms with Crippen molar-refractivity contribution in [1.29, 1.82) is 0 Å². The smallest absolute Gasteiger partial charge is 0.338 e. The Balaban J connectivity index is 1.56. The molecule has 4 rings (SSSR count). The van der Waals surface area contributed by atoms with Gasteiger partial charge in [-0.1, -0.05) is 55.0 Å². The van der Waals surface area contributed by atoms with Gasteiger partial charge in [-0.25, -0.2) is 9.69 Å². The molecule has 160 valence electrons. The number of hydrogen-bond donors (Lipinski definition) is 0. The van der Waals surface area contributed by atoms with Crippen molar-refractivity contribution >= 4 is 29.3 Å². The average molecular weight is 427 g/mol. The summed E-state index contributed by atoms with van der Waals surface area (Å²) in [6.45, 7) is 3.67. The minimum Gasteiger partial charge on any atom is -0.450 e. The van der Waals surface area contributed by atoms with Gasteiger partial charge in [-0.15, -0.1) is 0 Å². The van der Waals surface area contributed by atoms with Crippen molar-refractivity contribution in [2.45, 2.75) is 26.4 Å². The number of hydrogen-bond acceptors (Lipinski definition) is 5. The van der Waals surface area contributed by atoms with E-state index >= 15 is 0 Å². The zero-order valence-corrected chi connectivity index (χ0v) is 17.7. The van der Waals surface area contributed by atoms with E-state index in [9.17, 15) is 19.2 Å². The number of benzene rings is 3. The molecule has 0 aromatic heterocycles. The second-order valence-corrected chi connectivity index (χ2v) is 7.57. The van der Waals surface area contributed by atoms with Crippen molar-refractivity contribution < 1.29 is 23.9 Å². The molecule has 0 bridgehead atoms. The zero-order chi connectivity index (χ0) is 22.8. The highest BCUT2D eigenvalue weighted by atomic mass is 16.5. The molecule has 0 fully saturated rings. The average Bonchev–Trinajstić information content (AvgIpc) is 3.07. The number of ether oxygens (including phenoxy) is 1. The maximum absolute atomic E-state index is 12.9. The van der Waals surface area contributed by atoms with Crippen molar-refractivity contribution in [3.8, 4) is 0 Å². The van der Waals surface area contributed by atoms with E-state index in [0.29, 0.717) is 17.7 Å². The summed E-state index contributed by atoms with van der Waals surface area (Å²) < 4.78 is 5.45. The molecule has 1 heterocycles. The second-order valence-electron chi connectivity index (χ2n) is 7.57. The number of carbonyl (C=O) groups is 4. The number of ketones is 1. The van der Waals surface area contributed by atoms with E-state index in [0.717, 1.165) is 10.5 Å². The van der Waals surface area contributed by atoms with Gasteiger partial charge < -0.3 is 4.74 Å². The molecule has 0 unspecified atom stereocenters. The first-order valence-electron chi connectivity index (χ1n) is 10.3. The van der Waals surface area contributed by atoms with Crippen molar-refractivity contribution in [2.24, 2.45) is 0 Å². The Hall–Kier alpha value is -4.06. The number of anilines is 1. The molecule has 1 aliphatic heterocycles. The molecule has 0 radical (unpaired) electrons. The van der Waals surface area contributed by atoms with Crippen LogP contribution < -0.4 is 4.90 Å². The Bertz CT molecular complexity index is 1210. The van der Waals surface area contributed by atoms with Gasteiger partial charge in [0, 0.05) is 5.56 Å². The molecule has 3 aromatic rings. The van der Waals surface area contributed by atoms with Crippen LogP contribution >= 0.6 is 0 Å². The number of Topliss-reactive ketones (excluding diaryl/α,β-unsaturated/α-hetero) is 1. The van der Waals surface area contributed by atoms with E-state index in [4.69, 9.17) is 4.74 Å². The first-order valence-corrected chi connectivity index (χ1v) is 10.3.